The van der Waals surface area contributed by atoms with Gasteiger partial charge in [0.15, 0.2) is 0 Å². The van der Waals surface area contributed by atoms with Gasteiger partial charge < -0.3 is 0 Å². The van der Waals surface area contributed by atoms with Crippen molar-refractivity contribution in [2.75, 3.05) is 40.8 Å². The molecule has 0 amide bonds. The number of hydrogen-bond acceptors (Lipinski definition) is 3. The van der Waals surface area contributed by atoms with Gasteiger partial charge in [0.25, 0.3) is 0 Å². The molecule has 128 valence electrons. The Hall–Kier alpha value is 0.230. The molecule has 0 spiro atoms. The summed E-state index contributed by atoms with van der Waals surface area (Å²) in [7, 11) is 7.11. The molecule has 0 aromatic heterocycles. The topological polar surface area (TPSA) is 9.72 Å². The monoisotopic (exact) mass is 475 g/mol. The van der Waals surface area contributed by atoms with Gasteiger partial charge in [-0.25, -0.2) is 0 Å². The summed E-state index contributed by atoms with van der Waals surface area (Å²) in [6, 6.07) is 0. The van der Waals surface area contributed by atoms with Crippen LogP contribution in [0.4, 0.5) is 0 Å². The first-order chi connectivity index (χ1) is 10.5. The molecule has 0 aliphatic heterocycles. The average molecular weight is 474 g/mol. The fourth-order valence-electron chi connectivity index (χ4n) is 4.14. The van der Waals surface area contributed by atoms with E-state index in [9.17, 15) is 0 Å². The van der Waals surface area contributed by atoms with E-state index in [0.717, 1.165) is 19.6 Å². The van der Waals surface area contributed by atoms with E-state index in [1.165, 1.54) is 19.3 Å². The molecule has 0 heterocycles. The molecule has 0 bridgehead atoms. The Kier molecular flexibility index (Phi) is 8.21. The maximum atomic E-state index is 2.75. The zero-order chi connectivity index (χ0) is 16.8. The van der Waals surface area contributed by atoms with E-state index in [-0.39, 0.29) is 3.17 Å². The summed E-state index contributed by atoms with van der Waals surface area (Å²) in [6.07, 6.45) is 13.5. The summed E-state index contributed by atoms with van der Waals surface area (Å²) >= 11 is -3.18. The molecule has 0 saturated heterocycles. The first-order valence-electron chi connectivity index (χ1n) is 8.97. The molecule has 4 heteroatoms. The van der Waals surface area contributed by atoms with Gasteiger partial charge in [0.1, 0.15) is 0 Å². The Morgan fingerprint density at radius 2 is 1.18 bits per heavy atom. The number of hydrogen-bond donors (Lipinski definition) is 0. The predicted octanol–water partition coefficient (Wildman–Crippen LogP) is 4.22. The van der Waals surface area contributed by atoms with Crippen molar-refractivity contribution in [3.05, 3.63) is 24.3 Å². The molecule has 1 aliphatic carbocycles. The van der Waals surface area contributed by atoms with Gasteiger partial charge in [-0.2, -0.15) is 0 Å². The quantitative estimate of drug-likeness (QED) is 0.440. The summed E-state index contributed by atoms with van der Waals surface area (Å²) in [4.78, 5) is 0. The minimum atomic E-state index is -3.18. The first kappa shape index (κ1) is 20.3. The van der Waals surface area contributed by atoms with E-state index >= 15 is 0 Å². The molecule has 0 N–H and O–H groups in total. The van der Waals surface area contributed by atoms with Gasteiger partial charge in [0, 0.05) is 0 Å². The number of unbranched alkanes of at least 4 members (excludes halogenated alkanes) is 1. The van der Waals surface area contributed by atoms with Crippen LogP contribution in [0.2, 0.25) is 3.17 Å². The van der Waals surface area contributed by atoms with E-state index in [1.54, 1.807) is 0 Å². The summed E-state index contributed by atoms with van der Waals surface area (Å²) in [5.74, 6) is 0. The number of rotatable bonds is 10. The van der Waals surface area contributed by atoms with E-state index < -0.39 is 20.8 Å². The first-order valence-corrected chi connectivity index (χ1v) is 15.6. The molecule has 3 nitrogen and oxygen atoms in total. The molecule has 0 saturated carbocycles. The molecule has 0 fully saturated rings. The van der Waals surface area contributed by atoms with Crippen molar-refractivity contribution in [3.63, 3.8) is 0 Å². The van der Waals surface area contributed by atoms with Crippen LogP contribution in [0.1, 0.15) is 47.0 Å². The summed E-state index contributed by atoms with van der Waals surface area (Å²) in [5, 5.41) is 0. The number of allylic oxidation sites excluding steroid dienone is 4. The molecule has 1 aliphatic rings. The Morgan fingerprint density at radius 1 is 0.773 bits per heavy atom. The van der Waals surface area contributed by atoms with Crippen LogP contribution >= 0.6 is 0 Å². The molecule has 0 aromatic carbocycles. The molecule has 0 radical (unpaired) electrons. The van der Waals surface area contributed by atoms with Crippen molar-refractivity contribution in [1.29, 1.82) is 0 Å². The fraction of sp³-hybridized carbons (Fsp3) is 0.778. The molecule has 1 rings (SSSR count). The van der Waals surface area contributed by atoms with Crippen LogP contribution in [-0.4, -0.2) is 49.4 Å². The van der Waals surface area contributed by atoms with Crippen LogP contribution in [0.15, 0.2) is 24.3 Å². The minimum absolute atomic E-state index is 0.267. The standard InChI is InChI=1S/C9H13.3C3H8N.Hf/c1-2-3-6-9-7-4-5-8-9;3*1-3-4-2;/h4-5,7-8H,2-3,6H2,1H3;3*3H2,1-2H3;/q;3*-1;+3. The van der Waals surface area contributed by atoms with Crippen molar-refractivity contribution in [2.24, 2.45) is 0 Å². The molecule has 0 unspecified atom stereocenters. The van der Waals surface area contributed by atoms with Crippen LogP contribution in [0.3, 0.4) is 0 Å². The third-order valence-corrected chi connectivity index (χ3v) is 27.0. The normalized spacial score (nSPS) is 17.4. The van der Waals surface area contributed by atoms with Gasteiger partial charge in [0.05, 0.1) is 0 Å². The van der Waals surface area contributed by atoms with Crippen LogP contribution in [0.5, 0.6) is 0 Å². The van der Waals surface area contributed by atoms with Crippen molar-refractivity contribution in [2.45, 2.75) is 50.1 Å². The third kappa shape index (κ3) is 3.35. The molecule has 0 aromatic rings. The Balaban J connectivity index is 3.50. The zero-order valence-electron chi connectivity index (χ0n) is 15.9. The Morgan fingerprint density at radius 3 is 1.50 bits per heavy atom. The Bertz CT molecular complexity index is 353. The fourth-order valence-corrected chi connectivity index (χ4v) is 27.0. The van der Waals surface area contributed by atoms with Crippen molar-refractivity contribution in [1.82, 2.24) is 8.66 Å². The maximum absolute atomic E-state index is 3.18. The van der Waals surface area contributed by atoms with E-state index in [1.807, 2.05) is 0 Å². The van der Waals surface area contributed by atoms with Crippen LogP contribution in [0, 0.1) is 0 Å². The van der Waals surface area contributed by atoms with E-state index in [4.69, 9.17) is 0 Å². The van der Waals surface area contributed by atoms with Crippen LogP contribution < -0.4 is 0 Å². The van der Waals surface area contributed by atoms with E-state index in [0.29, 0.717) is 0 Å². The van der Waals surface area contributed by atoms with Crippen LogP contribution in [-0.2, 0) is 20.8 Å². The Labute approximate surface area is 144 Å². The number of nitrogens with zero attached hydrogens (tertiary/aromatic N) is 3. The average Bonchev–Trinajstić information content (AvgIpc) is 3.02. The van der Waals surface area contributed by atoms with Gasteiger partial charge in [0.2, 0.25) is 0 Å². The second kappa shape index (κ2) is 8.91. The van der Waals surface area contributed by atoms with Crippen molar-refractivity contribution in [3.8, 4) is 0 Å². The van der Waals surface area contributed by atoms with Gasteiger partial charge in [-0.15, -0.1) is 0 Å². The third-order valence-electron chi connectivity index (χ3n) is 5.49. The summed E-state index contributed by atoms with van der Waals surface area (Å²) < 4.78 is 8.50. The van der Waals surface area contributed by atoms with Gasteiger partial charge in [-0.3, -0.25) is 0 Å². The van der Waals surface area contributed by atoms with Crippen molar-refractivity contribution < 1.29 is 20.8 Å². The van der Waals surface area contributed by atoms with E-state index in [2.05, 4.69) is 81.8 Å². The second-order valence-corrected chi connectivity index (χ2v) is 22.7. The SMILES string of the molecule is CCCC[C]1([Hf]([N](C)CC)([N](C)CC)[N](C)CC)C=CC=C1. The molecular weight excluding hydrogens is 437 g/mol. The zero-order valence-corrected chi connectivity index (χ0v) is 19.5. The molecular formula is C18H37HfN3. The predicted molar refractivity (Wildman–Crippen MR) is 95.4 cm³/mol. The molecule has 0 atom stereocenters. The van der Waals surface area contributed by atoms with Gasteiger partial charge in [-0.1, -0.05) is 0 Å². The van der Waals surface area contributed by atoms with Crippen LogP contribution in [0.25, 0.3) is 0 Å². The van der Waals surface area contributed by atoms with Crippen molar-refractivity contribution >= 4 is 0 Å². The summed E-state index contributed by atoms with van der Waals surface area (Å²) in [5.41, 5.74) is 0. The van der Waals surface area contributed by atoms with Gasteiger partial charge in [-0.05, 0) is 0 Å². The van der Waals surface area contributed by atoms with Gasteiger partial charge >= 0.3 is 145 Å². The molecule has 22 heavy (non-hydrogen) atoms. The second-order valence-electron chi connectivity index (χ2n) is 6.54. The summed E-state index contributed by atoms with van der Waals surface area (Å²) in [6.45, 7) is 12.7.